The number of hydrogen-bond acceptors (Lipinski definition) is 4. The number of benzene rings is 2. The second kappa shape index (κ2) is 7.76. The summed E-state index contributed by atoms with van der Waals surface area (Å²) in [5.41, 5.74) is 3.91. The number of allylic oxidation sites excluding steroid dienone is 2. The van der Waals surface area contributed by atoms with Crippen LogP contribution >= 0.6 is 0 Å². The lowest BCUT2D eigenvalue weighted by molar-refractivity contribution is -0.384. The number of nitro benzene ring substituents is 1. The lowest BCUT2D eigenvalue weighted by Crippen LogP contribution is -2.43. The van der Waals surface area contributed by atoms with E-state index in [1.54, 1.807) is 17.0 Å². The average Bonchev–Trinajstić information content (AvgIpc) is 2.72. The summed E-state index contributed by atoms with van der Waals surface area (Å²) >= 11 is 0. The smallest absolute Gasteiger partial charge is 0.269 e. The van der Waals surface area contributed by atoms with Crippen molar-refractivity contribution in [2.75, 3.05) is 4.90 Å². The molecule has 0 spiro atoms. The Balaban J connectivity index is 1.83. The van der Waals surface area contributed by atoms with Gasteiger partial charge in [0.25, 0.3) is 5.69 Å². The summed E-state index contributed by atoms with van der Waals surface area (Å²) in [5.74, 6) is -0.274. The fraction of sp³-hybridized carbons (Fsp3) is 0.360. The van der Waals surface area contributed by atoms with Gasteiger partial charge in [0.05, 0.1) is 4.92 Å². The van der Waals surface area contributed by atoms with E-state index < -0.39 is 4.92 Å². The van der Waals surface area contributed by atoms with Crippen LogP contribution in [0, 0.1) is 15.5 Å². The van der Waals surface area contributed by atoms with Crippen molar-refractivity contribution in [3.05, 3.63) is 81.0 Å². The molecule has 31 heavy (non-hydrogen) atoms. The molecule has 6 nitrogen and oxygen atoms in total. The Bertz CT molecular complexity index is 1080. The fourth-order valence-electron chi connectivity index (χ4n) is 4.71. The number of rotatable bonds is 4. The molecule has 2 aliphatic rings. The van der Waals surface area contributed by atoms with E-state index in [2.05, 4.69) is 19.1 Å². The highest BCUT2D eigenvalue weighted by Crippen LogP contribution is 2.48. The van der Waals surface area contributed by atoms with E-state index in [1.807, 2.05) is 26.0 Å². The Morgan fingerprint density at radius 2 is 1.68 bits per heavy atom. The van der Waals surface area contributed by atoms with Crippen molar-refractivity contribution >= 4 is 23.1 Å². The molecule has 1 aliphatic heterocycles. The quantitative estimate of drug-likeness (QED) is 0.497. The average molecular weight is 418 g/mol. The third-order valence-electron chi connectivity index (χ3n) is 6.25. The summed E-state index contributed by atoms with van der Waals surface area (Å²) in [6.45, 7) is 6.16. The molecule has 1 aliphatic carbocycles. The number of ketones is 1. The van der Waals surface area contributed by atoms with Gasteiger partial charge in [-0.1, -0.05) is 45.0 Å². The number of nitrogens with zero attached hydrogens (tertiary/aromatic N) is 2. The summed E-state index contributed by atoms with van der Waals surface area (Å²) in [6, 6.07) is 14.1. The fourth-order valence-corrected chi connectivity index (χ4v) is 4.71. The van der Waals surface area contributed by atoms with E-state index in [4.69, 9.17) is 0 Å². The van der Waals surface area contributed by atoms with Crippen LogP contribution in [-0.2, 0) is 16.0 Å². The Labute approximate surface area is 181 Å². The predicted octanol–water partition coefficient (Wildman–Crippen LogP) is 5.32. The number of carbonyl (C=O) groups is 2. The van der Waals surface area contributed by atoms with E-state index in [9.17, 15) is 19.7 Å². The first kappa shape index (κ1) is 21.0. The number of carbonyl (C=O) groups excluding carboxylic acids is 2. The third-order valence-corrected chi connectivity index (χ3v) is 6.25. The van der Waals surface area contributed by atoms with Gasteiger partial charge in [-0.15, -0.1) is 0 Å². The van der Waals surface area contributed by atoms with Crippen molar-refractivity contribution < 1.29 is 14.5 Å². The van der Waals surface area contributed by atoms with Gasteiger partial charge >= 0.3 is 0 Å². The Kier molecular flexibility index (Phi) is 5.25. The van der Waals surface area contributed by atoms with Gasteiger partial charge in [0.2, 0.25) is 5.91 Å². The van der Waals surface area contributed by atoms with Crippen LogP contribution in [0.2, 0.25) is 0 Å². The number of Topliss-reactive ketones (excluding diaryl/α,β-unsaturated/α-hetero) is 1. The number of hydrogen-bond donors (Lipinski definition) is 0. The molecular formula is C25H26N2O4. The molecule has 2 aromatic carbocycles. The molecule has 0 aromatic heterocycles. The van der Waals surface area contributed by atoms with Gasteiger partial charge in [-0.25, -0.2) is 0 Å². The highest BCUT2D eigenvalue weighted by atomic mass is 16.6. The van der Waals surface area contributed by atoms with Gasteiger partial charge in [0.15, 0.2) is 5.78 Å². The number of aryl methyl sites for hydroxylation is 1. The zero-order valence-electron chi connectivity index (χ0n) is 18.1. The second-order valence-corrected chi connectivity index (χ2v) is 9.16. The molecule has 1 heterocycles. The zero-order chi connectivity index (χ0) is 22.3. The molecule has 0 saturated heterocycles. The number of nitro groups is 1. The Morgan fingerprint density at radius 3 is 2.26 bits per heavy atom. The Morgan fingerprint density at radius 1 is 1.03 bits per heavy atom. The van der Waals surface area contributed by atoms with Crippen molar-refractivity contribution in [1.82, 2.24) is 0 Å². The van der Waals surface area contributed by atoms with Crippen molar-refractivity contribution in [2.45, 2.75) is 52.4 Å². The number of non-ortho nitro benzene ring substituents is 1. The molecule has 6 heteroatoms. The molecule has 1 amide bonds. The van der Waals surface area contributed by atoms with Crippen LogP contribution in [0.15, 0.2) is 59.8 Å². The third kappa shape index (κ3) is 3.90. The molecule has 160 valence electrons. The van der Waals surface area contributed by atoms with Crippen LogP contribution in [0.4, 0.5) is 11.4 Å². The maximum atomic E-state index is 13.3. The predicted molar refractivity (Wildman–Crippen MR) is 119 cm³/mol. The minimum atomic E-state index is -0.463. The molecule has 1 unspecified atom stereocenters. The lowest BCUT2D eigenvalue weighted by Gasteiger charge is -2.43. The van der Waals surface area contributed by atoms with Crippen molar-refractivity contribution in [2.24, 2.45) is 5.41 Å². The van der Waals surface area contributed by atoms with Crippen LogP contribution < -0.4 is 4.90 Å². The summed E-state index contributed by atoms with van der Waals surface area (Å²) in [6.07, 6.45) is 2.17. The first-order valence-electron chi connectivity index (χ1n) is 10.6. The summed E-state index contributed by atoms with van der Waals surface area (Å²) in [5, 5.41) is 11.0. The monoisotopic (exact) mass is 418 g/mol. The molecule has 0 saturated carbocycles. The summed E-state index contributed by atoms with van der Waals surface area (Å²) in [4.78, 5) is 38.8. The molecule has 0 N–H and O–H groups in total. The number of amides is 1. The first-order valence-corrected chi connectivity index (χ1v) is 10.6. The zero-order valence-corrected chi connectivity index (χ0v) is 18.1. The van der Waals surface area contributed by atoms with Crippen LogP contribution in [0.5, 0.6) is 0 Å². The van der Waals surface area contributed by atoms with Gasteiger partial charge in [0, 0.05) is 47.8 Å². The largest absolute Gasteiger partial charge is 0.294 e. The van der Waals surface area contributed by atoms with E-state index in [1.165, 1.54) is 17.7 Å². The van der Waals surface area contributed by atoms with E-state index in [0.717, 1.165) is 17.7 Å². The summed E-state index contributed by atoms with van der Waals surface area (Å²) in [7, 11) is 0. The molecule has 4 rings (SSSR count). The molecule has 2 aromatic rings. The standard InChI is InChI=1S/C25H26N2O4/c1-4-16-5-7-17(8-6-16)20-13-23(29)26(18-9-11-19(12-10-18)27(30)31)21-14-25(2,3)15-22(28)24(20)21/h5-12,20H,4,13-15H2,1-3H3. The number of anilines is 1. The van der Waals surface area contributed by atoms with Crippen LogP contribution in [0.25, 0.3) is 0 Å². The van der Waals surface area contributed by atoms with Crippen LogP contribution in [-0.4, -0.2) is 16.6 Å². The van der Waals surface area contributed by atoms with E-state index >= 15 is 0 Å². The molecule has 0 radical (unpaired) electrons. The van der Waals surface area contributed by atoms with Crippen LogP contribution in [0.3, 0.4) is 0 Å². The maximum Gasteiger partial charge on any atom is 0.269 e. The van der Waals surface area contributed by atoms with Crippen LogP contribution in [0.1, 0.15) is 57.1 Å². The van der Waals surface area contributed by atoms with Crippen molar-refractivity contribution in [3.63, 3.8) is 0 Å². The Hall–Kier alpha value is -3.28. The highest BCUT2D eigenvalue weighted by Gasteiger charge is 2.44. The van der Waals surface area contributed by atoms with E-state index in [0.29, 0.717) is 24.1 Å². The topological polar surface area (TPSA) is 80.5 Å². The summed E-state index contributed by atoms with van der Waals surface area (Å²) < 4.78 is 0. The molecular weight excluding hydrogens is 392 g/mol. The lowest BCUT2D eigenvalue weighted by atomic mass is 9.69. The highest BCUT2D eigenvalue weighted by molar-refractivity contribution is 6.07. The van der Waals surface area contributed by atoms with E-state index in [-0.39, 0.29) is 35.1 Å². The van der Waals surface area contributed by atoms with Crippen molar-refractivity contribution in [3.8, 4) is 0 Å². The molecule has 0 bridgehead atoms. The SMILES string of the molecule is CCc1ccc(C2CC(=O)N(c3ccc([N+](=O)[O-])cc3)C3=C2C(=O)CC(C)(C)C3)cc1. The van der Waals surface area contributed by atoms with Crippen molar-refractivity contribution in [1.29, 1.82) is 0 Å². The maximum absolute atomic E-state index is 13.3. The first-order chi connectivity index (χ1) is 14.7. The van der Waals surface area contributed by atoms with Gasteiger partial charge < -0.3 is 0 Å². The minimum absolute atomic E-state index is 0.0312. The van der Waals surface area contributed by atoms with Gasteiger partial charge in [-0.05, 0) is 41.5 Å². The normalized spacial score (nSPS) is 20.6. The molecule has 1 atom stereocenters. The van der Waals surface area contributed by atoms with Gasteiger partial charge in [-0.2, -0.15) is 0 Å². The second-order valence-electron chi connectivity index (χ2n) is 9.16. The van der Waals surface area contributed by atoms with Gasteiger partial charge in [0.1, 0.15) is 0 Å². The molecule has 0 fully saturated rings. The minimum Gasteiger partial charge on any atom is -0.294 e. The van der Waals surface area contributed by atoms with Gasteiger partial charge in [-0.3, -0.25) is 24.6 Å².